The summed E-state index contributed by atoms with van der Waals surface area (Å²) in [6.07, 6.45) is 1.73. The van der Waals surface area contributed by atoms with Crippen molar-refractivity contribution in [3.05, 3.63) is 46.4 Å². The second-order valence-electron chi connectivity index (χ2n) is 5.52. The summed E-state index contributed by atoms with van der Waals surface area (Å²) >= 11 is 3.45. The first-order valence-electron chi connectivity index (χ1n) is 8.18. The molecule has 0 aliphatic carbocycles. The maximum absolute atomic E-state index is 5.96. The highest BCUT2D eigenvalue weighted by molar-refractivity contribution is 14.0. The van der Waals surface area contributed by atoms with Gasteiger partial charge in [-0.2, -0.15) is 0 Å². The Bertz CT molecular complexity index is 772. The number of hydrogen-bond acceptors (Lipinski definition) is 4. The van der Waals surface area contributed by atoms with Gasteiger partial charge in [0.05, 0.1) is 21.3 Å². The van der Waals surface area contributed by atoms with E-state index in [1.54, 1.807) is 21.3 Å². The molecule has 148 valence electrons. The second kappa shape index (κ2) is 11.9. The molecule has 0 aromatic heterocycles. The molecule has 3 N–H and O–H groups in total. The lowest BCUT2D eigenvalue weighted by atomic mass is 10.1. The van der Waals surface area contributed by atoms with E-state index in [9.17, 15) is 0 Å². The predicted octanol–water partition coefficient (Wildman–Crippen LogP) is 4.45. The summed E-state index contributed by atoms with van der Waals surface area (Å²) in [7, 11) is 4.87. The molecule has 0 saturated carbocycles. The molecular weight excluding hydrogens is 525 g/mol. The summed E-state index contributed by atoms with van der Waals surface area (Å²) in [6, 6.07) is 11.5. The quantitative estimate of drug-likeness (QED) is 0.220. The van der Waals surface area contributed by atoms with Gasteiger partial charge in [0.2, 0.25) is 0 Å². The maximum Gasteiger partial charge on any atom is 0.193 e. The SMILES string of the molecule is COc1cc(Br)ccc1CCCN=C(N)Nc1ccc(OC)c(OC)c1.I. The standard InChI is InChI=1S/C19H24BrN3O3.HI/c1-24-16-9-8-15(12-18(16)26-3)23-19(21)22-10-4-5-13-6-7-14(20)11-17(13)25-2;/h6-9,11-12H,4-5,10H2,1-3H3,(H3,21,22,23);1H. The number of nitrogens with two attached hydrogens (primary N) is 1. The van der Waals surface area contributed by atoms with Crippen LogP contribution in [0.2, 0.25) is 0 Å². The summed E-state index contributed by atoms with van der Waals surface area (Å²) in [4.78, 5) is 4.37. The first-order chi connectivity index (χ1) is 12.6. The number of nitrogens with zero attached hydrogens (tertiary/aromatic N) is 1. The number of anilines is 1. The minimum atomic E-state index is 0. The van der Waals surface area contributed by atoms with Gasteiger partial charge < -0.3 is 25.3 Å². The van der Waals surface area contributed by atoms with Gasteiger partial charge in [-0.3, -0.25) is 4.99 Å². The van der Waals surface area contributed by atoms with E-state index in [1.165, 1.54) is 0 Å². The van der Waals surface area contributed by atoms with Crippen LogP contribution in [-0.4, -0.2) is 33.8 Å². The smallest absolute Gasteiger partial charge is 0.193 e. The van der Waals surface area contributed by atoms with Crippen LogP contribution >= 0.6 is 39.9 Å². The zero-order valence-electron chi connectivity index (χ0n) is 15.6. The Hall–Kier alpha value is -1.68. The summed E-state index contributed by atoms with van der Waals surface area (Å²) in [6.45, 7) is 0.616. The molecule has 8 heteroatoms. The molecular formula is C19H25BrIN3O3. The molecule has 0 unspecified atom stereocenters. The fraction of sp³-hybridized carbons (Fsp3) is 0.316. The fourth-order valence-corrected chi connectivity index (χ4v) is 2.84. The Labute approximate surface area is 185 Å². The number of aliphatic imine (C=N–C) groups is 1. The minimum absolute atomic E-state index is 0. The molecule has 2 aromatic rings. The first kappa shape index (κ1) is 23.4. The lowest BCUT2D eigenvalue weighted by Gasteiger charge is -2.11. The lowest BCUT2D eigenvalue weighted by Crippen LogP contribution is -2.22. The highest BCUT2D eigenvalue weighted by atomic mass is 127. The van der Waals surface area contributed by atoms with Crippen LogP contribution in [0.5, 0.6) is 17.2 Å². The Balaban J connectivity index is 0.00000364. The van der Waals surface area contributed by atoms with E-state index < -0.39 is 0 Å². The van der Waals surface area contributed by atoms with E-state index in [2.05, 4.69) is 32.3 Å². The number of halogens is 2. The van der Waals surface area contributed by atoms with E-state index in [-0.39, 0.29) is 24.0 Å². The van der Waals surface area contributed by atoms with Gasteiger partial charge in [0.1, 0.15) is 5.75 Å². The van der Waals surface area contributed by atoms with Crippen LogP contribution in [0.4, 0.5) is 5.69 Å². The number of guanidine groups is 1. The van der Waals surface area contributed by atoms with Crippen molar-refractivity contribution in [3.8, 4) is 17.2 Å². The van der Waals surface area contributed by atoms with Crippen molar-refractivity contribution in [2.45, 2.75) is 12.8 Å². The van der Waals surface area contributed by atoms with Crippen molar-refractivity contribution in [3.63, 3.8) is 0 Å². The molecule has 27 heavy (non-hydrogen) atoms. The largest absolute Gasteiger partial charge is 0.496 e. The summed E-state index contributed by atoms with van der Waals surface area (Å²) in [5.41, 5.74) is 7.90. The zero-order chi connectivity index (χ0) is 18.9. The molecule has 0 radical (unpaired) electrons. The lowest BCUT2D eigenvalue weighted by molar-refractivity contribution is 0.355. The average Bonchev–Trinajstić information content (AvgIpc) is 2.65. The third-order valence-electron chi connectivity index (χ3n) is 3.79. The molecule has 0 aliphatic heterocycles. The number of nitrogens with one attached hydrogen (secondary N) is 1. The Morgan fingerprint density at radius 2 is 1.70 bits per heavy atom. The molecule has 0 atom stereocenters. The fourth-order valence-electron chi connectivity index (χ4n) is 2.50. The molecule has 0 bridgehead atoms. The van der Waals surface area contributed by atoms with Gasteiger partial charge in [-0.15, -0.1) is 24.0 Å². The van der Waals surface area contributed by atoms with Gasteiger partial charge in [-0.1, -0.05) is 22.0 Å². The average molecular weight is 550 g/mol. The molecule has 2 rings (SSSR count). The van der Waals surface area contributed by atoms with Crippen LogP contribution in [-0.2, 0) is 6.42 Å². The zero-order valence-corrected chi connectivity index (χ0v) is 19.5. The van der Waals surface area contributed by atoms with E-state index in [1.807, 2.05) is 30.3 Å². The molecule has 0 heterocycles. The van der Waals surface area contributed by atoms with Crippen LogP contribution in [0.15, 0.2) is 45.9 Å². The first-order valence-corrected chi connectivity index (χ1v) is 8.98. The number of rotatable bonds is 8. The second-order valence-corrected chi connectivity index (χ2v) is 6.44. The van der Waals surface area contributed by atoms with Crippen molar-refractivity contribution in [2.75, 3.05) is 33.2 Å². The molecule has 0 aliphatic rings. The molecule has 0 amide bonds. The van der Waals surface area contributed by atoms with E-state index in [4.69, 9.17) is 19.9 Å². The van der Waals surface area contributed by atoms with Crippen LogP contribution in [0.1, 0.15) is 12.0 Å². The van der Waals surface area contributed by atoms with Gasteiger partial charge in [-0.05, 0) is 42.7 Å². The van der Waals surface area contributed by atoms with E-state index in [0.29, 0.717) is 24.0 Å². The van der Waals surface area contributed by atoms with Crippen molar-refractivity contribution in [1.29, 1.82) is 0 Å². The molecule has 0 saturated heterocycles. The number of hydrogen-bond donors (Lipinski definition) is 2. The number of aryl methyl sites for hydroxylation is 1. The Morgan fingerprint density at radius 3 is 2.37 bits per heavy atom. The van der Waals surface area contributed by atoms with Crippen LogP contribution in [0, 0.1) is 0 Å². The number of benzene rings is 2. The minimum Gasteiger partial charge on any atom is -0.496 e. The number of ether oxygens (including phenoxy) is 3. The van der Waals surface area contributed by atoms with Crippen LogP contribution in [0.25, 0.3) is 0 Å². The topological polar surface area (TPSA) is 78.1 Å². The molecule has 6 nitrogen and oxygen atoms in total. The van der Waals surface area contributed by atoms with Gasteiger partial charge >= 0.3 is 0 Å². The van der Waals surface area contributed by atoms with E-state index in [0.717, 1.165) is 34.3 Å². The van der Waals surface area contributed by atoms with Gasteiger partial charge in [0.25, 0.3) is 0 Å². The Morgan fingerprint density at radius 1 is 1.00 bits per heavy atom. The monoisotopic (exact) mass is 549 g/mol. The summed E-state index contributed by atoms with van der Waals surface area (Å²) < 4.78 is 16.9. The highest BCUT2D eigenvalue weighted by Crippen LogP contribution is 2.29. The van der Waals surface area contributed by atoms with Crippen molar-refractivity contribution in [2.24, 2.45) is 10.7 Å². The van der Waals surface area contributed by atoms with Crippen LogP contribution < -0.4 is 25.3 Å². The van der Waals surface area contributed by atoms with Crippen molar-refractivity contribution in [1.82, 2.24) is 0 Å². The molecule has 0 fully saturated rings. The van der Waals surface area contributed by atoms with E-state index >= 15 is 0 Å². The summed E-state index contributed by atoms with van der Waals surface area (Å²) in [5, 5.41) is 3.06. The van der Waals surface area contributed by atoms with Crippen LogP contribution in [0.3, 0.4) is 0 Å². The third kappa shape index (κ3) is 7.10. The third-order valence-corrected chi connectivity index (χ3v) is 4.28. The predicted molar refractivity (Wildman–Crippen MR) is 124 cm³/mol. The maximum atomic E-state index is 5.96. The van der Waals surface area contributed by atoms with Gasteiger partial charge in [0, 0.05) is 22.8 Å². The van der Waals surface area contributed by atoms with Crippen molar-refractivity contribution < 1.29 is 14.2 Å². The highest BCUT2D eigenvalue weighted by Gasteiger charge is 2.06. The van der Waals surface area contributed by atoms with Gasteiger partial charge in [0.15, 0.2) is 17.5 Å². The molecule has 0 spiro atoms. The molecule has 2 aromatic carbocycles. The van der Waals surface area contributed by atoms with Gasteiger partial charge in [-0.25, -0.2) is 0 Å². The summed E-state index contributed by atoms with van der Waals surface area (Å²) in [5.74, 6) is 2.53. The Kier molecular flexibility index (Phi) is 10.3. The normalized spacial score (nSPS) is 10.7. The number of methoxy groups -OCH3 is 3. The van der Waals surface area contributed by atoms with Crippen molar-refractivity contribution >= 4 is 51.6 Å².